The van der Waals surface area contributed by atoms with E-state index in [-0.39, 0.29) is 0 Å². The molecule has 0 fully saturated rings. The Morgan fingerprint density at radius 3 is 2.70 bits per heavy atom. The highest BCUT2D eigenvalue weighted by atomic mass is 35.5. The number of thiazole rings is 1. The summed E-state index contributed by atoms with van der Waals surface area (Å²) in [5, 5.41) is 0. The second kappa shape index (κ2) is 3.35. The van der Waals surface area contributed by atoms with Gasteiger partial charge in [-0.15, -0.1) is 11.3 Å². The summed E-state index contributed by atoms with van der Waals surface area (Å²) in [6.07, 6.45) is 2.27. The monoisotopic (exact) mass is 175 g/mol. The van der Waals surface area contributed by atoms with E-state index in [4.69, 9.17) is 11.6 Å². The fourth-order valence-electron chi connectivity index (χ4n) is 0.852. The maximum atomic E-state index is 5.71. The van der Waals surface area contributed by atoms with Gasteiger partial charge >= 0.3 is 0 Å². The molecule has 0 atom stereocenters. The normalized spacial score (nSPS) is 10.3. The van der Waals surface area contributed by atoms with Crippen LogP contribution in [-0.4, -0.2) is 4.98 Å². The number of hydrogen-bond acceptors (Lipinski definition) is 2. The van der Waals surface area contributed by atoms with Gasteiger partial charge < -0.3 is 0 Å². The van der Waals surface area contributed by atoms with Crippen molar-refractivity contribution < 1.29 is 0 Å². The van der Waals surface area contributed by atoms with Gasteiger partial charge in [-0.25, -0.2) is 4.98 Å². The van der Waals surface area contributed by atoms with Crippen molar-refractivity contribution in [2.24, 2.45) is 0 Å². The SMILES string of the molecule is CCCc1sc(Cl)nc1C. The third kappa shape index (κ3) is 1.70. The van der Waals surface area contributed by atoms with Crippen LogP contribution in [0.15, 0.2) is 0 Å². The van der Waals surface area contributed by atoms with Crippen LogP contribution in [0, 0.1) is 6.92 Å². The van der Waals surface area contributed by atoms with Crippen molar-refractivity contribution in [1.82, 2.24) is 4.98 Å². The molecule has 0 N–H and O–H groups in total. The Morgan fingerprint density at radius 2 is 2.30 bits per heavy atom. The maximum Gasteiger partial charge on any atom is 0.184 e. The average Bonchev–Trinajstić information content (AvgIpc) is 2.13. The van der Waals surface area contributed by atoms with Crippen molar-refractivity contribution in [1.29, 1.82) is 0 Å². The minimum atomic E-state index is 0.668. The molecular weight excluding hydrogens is 166 g/mol. The quantitative estimate of drug-likeness (QED) is 0.674. The molecule has 0 aliphatic heterocycles. The molecule has 0 aliphatic carbocycles. The van der Waals surface area contributed by atoms with Crippen LogP contribution >= 0.6 is 22.9 Å². The summed E-state index contributed by atoms with van der Waals surface area (Å²) in [5.74, 6) is 0. The first-order valence-corrected chi connectivity index (χ1v) is 4.55. The van der Waals surface area contributed by atoms with E-state index in [2.05, 4.69) is 11.9 Å². The largest absolute Gasteiger partial charge is 0.230 e. The molecule has 56 valence electrons. The van der Waals surface area contributed by atoms with E-state index in [1.807, 2.05) is 6.92 Å². The lowest BCUT2D eigenvalue weighted by Crippen LogP contribution is -1.80. The number of nitrogens with zero attached hydrogens (tertiary/aromatic N) is 1. The molecule has 3 heteroatoms. The van der Waals surface area contributed by atoms with Gasteiger partial charge in [0, 0.05) is 4.88 Å². The standard InChI is InChI=1S/C7H10ClNS/c1-3-4-6-5(2)9-7(8)10-6/h3-4H2,1-2H3. The highest BCUT2D eigenvalue weighted by molar-refractivity contribution is 7.15. The maximum absolute atomic E-state index is 5.71. The summed E-state index contributed by atoms with van der Waals surface area (Å²) in [6.45, 7) is 4.17. The van der Waals surface area contributed by atoms with E-state index in [0.29, 0.717) is 4.47 Å². The Balaban J connectivity index is 2.81. The zero-order chi connectivity index (χ0) is 7.56. The molecule has 0 saturated heterocycles. The fourth-order valence-corrected chi connectivity index (χ4v) is 2.14. The Morgan fingerprint density at radius 1 is 1.60 bits per heavy atom. The molecule has 1 rings (SSSR count). The first-order valence-electron chi connectivity index (χ1n) is 3.36. The van der Waals surface area contributed by atoms with Crippen molar-refractivity contribution >= 4 is 22.9 Å². The molecule has 0 spiro atoms. The molecule has 0 aliphatic rings. The Hall–Kier alpha value is -0.0800. The minimum Gasteiger partial charge on any atom is -0.230 e. The van der Waals surface area contributed by atoms with Gasteiger partial charge in [0.1, 0.15) is 0 Å². The van der Waals surface area contributed by atoms with E-state index in [1.54, 1.807) is 11.3 Å². The predicted octanol–water partition coefficient (Wildman–Crippen LogP) is 3.06. The summed E-state index contributed by atoms with van der Waals surface area (Å²) in [7, 11) is 0. The third-order valence-corrected chi connectivity index (χ3v) is 2.67. The predicted molar refractivity (Wildman–Crippen MR) is 45.9 cm³/mol. The van der Waals surface area contributed by atoms with Crippen LogP contribution in [0.2, 0.25) is 4.47 Å². The van der Waals surface area contributed by atoms with Gasteiger partial charge in [-0.2, -0.15) is 0 Å². The zero-order valence-electron chi connectivity index (χ0n) is 6.15. The highest BCUT2D eigenvalue weighted by Crippen LogP contribution is 2.22. The number of hydrogen-bond donors (Lipinski definition) is 0. The van der Waals surface area contributed by atoms with Crippen LogP contribution in [0.5, 0.6) is 0 Å². The molecule has 0 saturated carbocycles. The van der Waals surface area contributed by atoms with E-state index in [1.165, 1.54) is 11.3 Å². The van der Waals surface area contributed by atoms with Gasteiger partial charge in [0.25, 0.3) is 0 Å². The van der Waals surface area contributed by atoms with E-state index in [9.17, 15) is 0 Å². The first kappa shape index (κ1) is 8.02. The molecule has 1 aromatic heterocycles. The van der Waals surface area contributed by atoms with Gasteiger partial charge in [0.2, 0.25) is 0 Å². The molecule has 0 aromatic carbocycles. The third-order valence-electron chi connectivity index (χ3n) is 1.34. The lowest BCUT2D eigenvalue weighted by Gasteiger charge is -1.90. The molecular formula is C7H10ClNS. The Bertz CT molecular complexity index is 219. The second-order valence-corrected chi connectivity index (χ2v) is 3.89. The van der Waals surface area contributed by atoms with Crippen molar-refractivity contribution in [3.8, 4) is 0 Å². The van der Waals surface area contributed by atoms with Crippen LogP contribution < -0.4 is 0 Å². The molecule has 1 heterocycles. The van der Waals surface area contributed by atoms with Crippen molar-refractivity contribution in [2.75, 3.05) is 0 Å². The average molecular weight is 176 g/mol. The zero-order valence-corrected chi connectivity index (χ0v) is 7.72. The topological polar surface area (TPSA) is 12.9 Å². The van der Waals surface area contributed by atoms with Crippen LogP contribution in [-0.2, 0) is 6.42 Å². The molecule has 0 unspecified atom stereocenters. The summed E-state index contributed by atoms with van der Waals surface area (Å²) in [6, 6.07) is 0. The van der Waals surface area contributed by atoms with Gasteiger partial charge in [0.05, 0.1) is 5.69 Å². The van der Waals surface area contributed by atoms with E-state index in [0.717, 1.165) is 12.1 Å². The lowest BCUT2D eigenvalue weighted by molar-refractivity contribution is 0.925. The summed E-state index contributed by atoms with van der Waals surface area (Å²) in [4.78, 5) is 5.44. The van der Waals surface area contributed by atoms with Crippen LogP contribution in [0.1, 0.15) is 23.9 Å². The number of aromatic nitrogens is 1. The molecule has 1 aromatic rings. The number of aryl methyl sites for hydroxylation is 2. The fraction of sp³-hybridized carbons (Fsp3) is 0.571. The summed E-state index contributed by atoms with van der Waals surface area (Å²) < 4.78 is 0.668. The van der Waals surface area contributed by atoms with Gasteiger partial charge in [-0.3, -0.25) is 0 Å². The summed E-state index contributed by atoms with van der Waals surface area (Å²) in [5.41, 5.74) is 1.09. The van der Waals surface area contributed by atoms with Gasteiger partial charge in [-0.1, -0.05) is 24.9 Å². The van der Waals surface area contributed by atoms with Crippen molar-refractivity contribution in [2.45, 2.75) is 26.7 Å². The van der Waals surface area contributed by atoms with Crippen molar-refractivity contribution in [3.63, 3.8) is 0 Å². The Labute approximate surface area is 70.1 Å². The molecule has 1 nitrogen and oxygen atoms in total. The second-order valence-electron chi connectivity index (χ2n) is 2.23. The first-order chi connectivity index (χ1) is 4.74. The highest BCUT2D eigenvalue weighted by Gasteiger charge is 2.03. The van der Waals surface area contributed by atoms with Crippen LogP contribution in [0.4, 0.5) is 0 Å². The van der Waals surface area contributed by atoms with E-state index >= 15 is 0 Å². The lowest BCUT2D eigenvalue weighted by atomic mass is 10.2. The summed E-state index contributed by atoms with van der Waals surface area (Å²) >= 11 is 7.30. The molecule has 10 heavy (non-hydrogen) atoms. The molecule has 0 bridgehead atoms. The van der Waals surface area contributed by atoms with Crippen LogP contribution in [0.25, 0.3) is 0 Å². The van der Waals surface area contributed by atoms with Gasteiger partial charge in [-0.05, 0) is 13.3 Å². The van der Waals surface area contributed by atoms with Crippen LogP contribution in [0.3, 0.4) is 0 Å². The minimum absolute atomic E-state index is 0.668. The van der Waals surface area contributed by atoms with Gasteiger partial charge in [0.15, 0.2) is 4.47 Å². The molecule has 0 radical (unpaired) electrons. The number of rotatable bonds is 2. The smallest absolute Gasteiger partial charge is 0.184 e. The van der Waals surface area contributed by atoms with E-state index < -0.39 is 0 Å². The van der Waals surface area contributed by atoms with Crippen molar-refractivity contribution in [3.05, 3.63) is 15.0 Å². The molecule has 0 amide bonds. The Kier molecular flexibility index (Phi) is 2.69. The number of halogens is 1.